The van der Waals surface area contributed by atoms with Gasteiger partial charge in [0.1, 0.15) is 5.82 Å². The third kappa shape index (κ3) is 2.89. The number of benzene rings is 2. The Morgan fingerprint density at radius 1 is 0.929 bits per heavy atom. The zero-order valence-corrected chi connectivity index (χ0v) is 17.1. The molecule has 146 valence electrons. The fourth-order valence-electron chi connectivity index (χ4n) is 3.64. The first-order valence-electron chi connectivity index (χ1n) is 9.00. The molecule has 0 saturated heterocycles. The maximum atomic E-state index is 14.8. The van der Waals surface area contributed by atoms with Gasteiger partial charge in [-0.2, -0.15) is 4.98 Å². The van der Waals surface area contributed by atoms with E-state index in [2.05, 4.69) is 10.1 Å². The molecule has 1 heterocycles. The largest absolute Gasteiger partial charge is 0.478 e. The number of aryl methyl sites for hydroxylation is 1. The molecule has 3 rings (SSSR count). The Balaban J connectivity index is 2.24. The SMILES string of the molecule is Cc1cc(-c2nc(-c3c(C)c(C)c(C)c(C(=O)O)c3C)no2)c(F)c(C)c1C. The van der Waals surface area contributed by atoms with E-state index >= 15 is 0 Å². The Kier molecular flexibility index (Phi) is 4.83. The third-order valence-corrected chi connectivity index (χ3v) is 5.80. The molecule has 0 amide bonds. The standard InChI is InChI=1S/C22H23FN2O3/c1-9-8-16(19(23)14(6)10(9)2)21-24-20(25-28-21)17-12(4)11(3)13(5)18(15(17)7)22(26)27/h8H,1-7H3,(H,26,27). The molecule has 2 aromatic carbocycles. The zero-order valence-electron chi connectivity index (χ0n) is 17.1. The van der Waals surface area contributed by atoms with E-state index in [9.17, 15) is 14.3 Å². The molecule has 5 nitrogen and oxygen atoms in total. The van der Waals surface area contributed by atoms with Crippen LogP contribution in [0.2, 0.25) is 0 Å². The van der Waals surface area contributed by atoms with Crippen molar-refractivity contribution < 1.29 is 18.8 Å². The second-order valence-electron chi connectivity index (χ2n) is 7.28. The van der Waals surface area contributed by atoms with Crippen LogP contribution in [0.4, 0.5) is 4.39 Å². The highest BCUT2D eigenvalue weighted by Crippen LogP contribution is 2.35. The number of nitrogens with zero attached hydrogens (tertiary/aromatic N) is 2. The molecule has 1 aromatic heterocycles. The molecule has 0 bridgehead atoms. The van der Waals surface area contributed by atoms with Crippen molar-refractivity contribution in [2.24, 2.45) is 0 Å². The summed E-state index contributed by atoms with van der Waals surface area (Å²) in [6, 6.07) is 1.69. The molecule has 28 heavy (non-hydrogen) atoms. The van der Waals surface area contributed by atoms with Gasteiger partial charge in [-0.3, -0.25) is 0 Å². The van der Waals surface area contributed by atoms with E-state index < -0.39 is 11.8 Å². The predicted molar refractivity (Wildman–Crippen MR) is 105 cm³/mol. The highest BCUT2D eigenvalue weighted by molar-refractivity contribution is 5.94. The Morgan fingerprint density at radius 2 is 1.57 bits per heavy atom. The van der Waals surface area contributed by atoms with E-state index in [1.165, 1.54) is 0 Å². The van der Waals surface area contributed by atoms with Gasteiger partial charge in [0.05, 0.1) is 11.1 Å². The van der Waals surface area contributed by atoms with Crippen LogP contribution in [-0.4, -0.2) is 21.2 Å². The van der Waals surface area contributed by atoms with Gasteiger partial charge >= 0.3 is 5.97 Å². The summed E-state index contributed by atoms with van der Waals surface area (Å²) in [5.74, 6) is -1.06. The molecular weight excluding hydrogens is 359 g/mol. The summed E-state index contributed by atoms with van der Waals surface area (Å²) in [5, 5.41) is 13.7. The average Bonchev–Trinajstić information content (AvgIpc) is 3.10. The topological polar surface area (TPSA) is 76.2 Å². The smallest absolute Gasteiger partial charge is 0.336 e. The van der Waals surface area contributed by atoms with Gasteiger partial charge in [0, 0.05) is 5.56 Å². The number of hydrogen-bond donors (Lipinski definition) is 1. The monoisotopic (exact) mass is 382 g/mol. The lowest BCUT2D eigenvalue weighted by molar-refractivity contribution is 0.0695. The summed E-state index contributed by atoms with van der Waals surface area (Å²) in [4.78, 5) is 16.2. The van der Waals surface area contributed by atoms with Crippen LogP contribution in [-0.2, 0) is 0 Å². The molecule has 1 N–H and O–H groups in total. The fourth-order valence-corrected chi connectivity index (χ4v) is 3.64. The number of aromatic carboxylic acids is 1. The van der Waals surface area contributed by atoms with Gasteiger partial charge in [-0.15, -0.1) is 0 Å². The van der Waals surface area contributed by atoms with E-state index in [0.29, 0.717) is 22.3 Å². The van der Waals surface area contributed by atoms with Crippen molar-refractivity contribution in [1.29, 1.82) is 0 Å². The van der Waals surface area contributed by atoms with Crippen LogP contribution in [0.25, 0.3) is 22.8 Å². The molecule has 0 spiro atoms. The van der Waals surface area contributed by atoms with Gasteiger partial charge in [0.2, 0.25) is 5.82 Å². The van der Waals surface area contributed by atoms with E-state index in [1.807, 2.05) is 27.7 Å². The molecular formula is C22H23FN2O3. The average molecular weight is 382 g/mol. The Hall–Kier alpha value is -3.02. The van der Waals surface area contributed by atoms with Crippen molar-refractivity contribution in [3.8, 4) is 22.8 Å². The van der Waals surface area contributed by atoms with Gasteiger partial charge in [-0.05, 0) is 93.5 Å². The third-order valence-electron chi connectivity index (χ3n) is 5.80. The zero-order chi connectivity index (χ0) is 20.9. The fraction of sp³-hybridized carbons (Fsp3) is 0.318. The molecule has 0 aliphatic heterocycles. The highest BCUT2D eigenvalue weighted by atomic mass is 19.1. The normalized spacial score (nSPS) is 11.1. The van der Waals surface area contributed by atoms with E-state index in [1.54, 1.807) is 26.8 Å². The summed E-state index contributed by atoms with van der Waals surface area (Å²) in [5.41, 5.74) is 6.46. The Labute approximate surface area is 163 Å². The molecule has 0 fully saturated rings. The van der Waals surface area contributed by atoms with Gasteiger partial charge in [-0.1, -0.05) is 5.16 Å². The minimum atomic E-state index is -1.00. The highest BCUT2D eigenvalue weighted by Gasteiger charge is 2.24. The van der Waals surface area contributed by atoms with Gasteiger partial charge < -0.3 is 9.63 Å². The molecule has 0 radical (unpaired) electrons. The van der Waals surface area contributed by atoms with Crippen molar-refractivity contribution in [2.45, 2.75) is 48.5 Å². The lowest BCUT2D eigenvalue weighted by Crippen LogP contribution is -2.09. The van der Waals surface area contributed by atoms with Crippen LogP contribution in [0.5, 0.6) is 0 Å². The lowest BCUT2D eigenvalue weighted by Gasteiger charge is -2.16. The summed E-state index contributed by atoms with van der Waals surface area (Å²) < 4.78 is 20.1. The van der Waals surface area contributed by atoms with Crippen LogP contribution >= 0.6 is 0 Å². The van der Waals surface area contributed by atoms with Crippen molar-refractivity contribution in [1.82, 2.24) is 10.1 Å². The number of carboxylic acid groups (broad SMARTS) is 1. The minimum Gasteiger partial charge on any atom is -0.478 e. The molecule has 6 heteroatoms. The molecule has 3 aromatic rings. The maximum absolute atomic E-state index is 14.8. The number of halogens is 1. The second-order valence-corrected chi connectivity index (χ2v) is 7.28. The van der Waals surface area contributed by atoms with Gasteiger partial charge in [0.25, 0.3) is 5.89 Å². The van der Waals surface area contributed by atoms with E-state index in [-0.39, 0.29) is 22.8 Å². The minimum absolute atomic E-state index is 0.0765. The number of carboxylic acids is 1. The molecule has 0 aliphatic carbocycles. The van der Waals surface area contributed by atoms with Crippen LogP contribution in [0.3, 0.4) is 0 Å². The van der Waals surface area contributed by atoms with Crippen LogP contribution in [0.1, 0.15) is 49.3 Å². The predicted octanol–water partition coefficient (Wildman–Crippen LogP) is 5.40. The summed E-state index contributed by atoms with van der Waals surface area (Å²) >= 11 is 0. The van der Waals surface area contributed by atoms with Crippen LogP contribution < -0.4 is 0 Å². The summed E-state index contributed by atoms with van der Waals surface area (Å²) in [7, 11) is 0. The van der Waals surface area contributed by atoms with Crippen molar-refractivity contribution in [3.63, 3.8) is 0 Å². The molecule has 0 saturated carbocycles. The number of carbonyl (C=O) groups is 1. The van der Waals surface area contributed by atoms with E-state index in [0.717, 1.165) is 22.3 Å². The molecule has 0 aliphatic rings. The second kappa shape index (κ2) is 6.86. The van der Waals surface area contributed by atoms with Crippen LogP contribution in [0.15, 0.2) is 10.6 Å². The molecule has 0 atom stereocenters. The number of hydrogen-bond acceptors (Lipinski definition) is 4. The summed E-state index contributed by atoms with van der Waals surface area (Å²) in [6.07, 6.45) is 0. The first-order chi connectivity index (χ1) is 13.1. The number of rotatable bonds is 3. The van der Waals surface area contributed by atoms with E-state index in [4.69, 9.17) is 4.52 Å². The lowest BCUT2D eigenvalue weighted by atomic mass is 9.88. The van der Waals surface area contributed by atoms with Crippen LogP contribution in [0, 0.1) is 54.3 Å². The quantitative estimate of drug-likeness (QED) is 0.656. The first kappa shape index (κ1) is 19.7. The van der Waals surface area contributed by atoms with Gasteiger partial charge in [0.15, 0.2) is 0 Å². The maximum Gasteiger partial charge on any atom is 0.336 e. The van der Waals surface area contributed by atoms with Crippen molar-refractivity contribution in [3.05, 3.63) is 56.4 Å². The van der Waals surface area contributed by atoms with Crippen molar-refractivity contribution in [2.75, 3.05) is 0 Å². The number of aromatic nitrogens is 2. The summed E-state index contributed by atoms with van der Waals surface area (Å²) in [6.45, 7) is 12.8. The Bertz CT molecular complexity index is 1130. The first-order valence-corrected chi connectivity index (χ1v) is 9.00. The molecule has 0 unspecified atom stereocenters. The Morgan fingerprint density at radius 3 is 2.18 bits per heavy atom. The van der Waals surface area contributed by atoms with Gasteiger partial charge in [-0.25, -0.2) is 9.18 Å². The van der Waals surface area contributed by atoms with Crippen molar-refractivity contribution >= 4 is 5.97 Å².